The van der Waals surface area contributed by atoms with Gasteiger partial charge in [-0.05, 0) is 18.9 Å². The van der Waals surface area contributed by atoms with Gasteiger partial charge in [0.15, 0.2) is 0 Å². The van der Waals surface area contributed by atoms with Crippen molar-refractivity contribution in [3.05, 3.63) is 29.8 Å². The van der Waals surface area contributed by atoms with E-state index in [1.54, 1.807) is 7.05 Å². The molecule has 1 aromatic carbocycles. The zero-order chi connectivity index (χ0) is 16.2. The summed E-state index contributed by atoms with van der Waals surface area (Å²) in [7, 11) is 1.22. The SMILES string of the molecule is C=[P+](C)COC(=O)N(C)CCOc1ccccc1C1(N)CC1. The van der Waals surface area contributed by atoms with E-state index in [1.165, 1.54) is 4.90 Å². The van der Waals surface area contributed by atoms with Crippen molar-refractivity contribution in [2.75, 3.05) is 33.2 Å². The maximum Gasteiger partial charge on any atom is 0.412 e. The van der Waals surface area contributed by atoms with Crippen LogP contribution in [-0.4, -0.2) is 50.5 Å². The summed E-state index contributed by atoms with van der Waals surface area (Å²) in [5, 5.41) is 0. The topological polar surface area (TPSA) is 64.8 Å². The second kappa shape index (κ2) is 7.12. The normalized spacial score (nSPS) is 15.9. The minimum Gasteiger partial charge on any atom is -0.491 e. The first-order valence-corrected chi connectivity index (χ1v) is 9.49. The average Bonchev–Trinajstić information content (AvgIpc) is 3.24. The molecule has 0 aromatic heterocycles. The minimum atomic E-state index is -0.482. The number of likely N-dealkylation sites (N-methyl/N-ethyl adjacent to an activating group) is 1. The van der Waals surface area contributed by atoms with E-state index in [0.29, 0.717) is 19.5 Å². The van der Waals surface area contributed by atoms with Crippen molar-refractivity contribution >= 4 is 19.9 Å². The summed E-state index contributed by atoms with van der Waals surface area (Å²) >= 11 is 0. The van der Waals surface area contributed by atoms with Gasteiger partial charge in [-0.15, -0.1) is 0 Å². The number of ether oxygens (including phenoxy) is 2. The first-order valence-electron chi connectivity index (χ1n) is 7.33. The zero-order valence-corrected chi connectivity index (χ0v) is 14.1. The number of hydrogen-bond donors (Lipinski definition) is 1. The fourth-order valence-electron chi connectivity index (χ4n) is 2.07. The van der Waals surface area contributed by atoms with Gasteiger partial charge in [0.2, 0.25) is 6.35 Å². The largest absolute Gasteiger partial charge is 0.491 e. The molecule has 2 N–H and O–H groups in total. The Morgan fingerprint density at radius 3 is 2.77 bits per heavy atom. The van der Waals surface area contributed by atoms with Crippen LogP contribution in [0, 0.1) is 0 Å². The highest BCUT2D eigenvalue weighted by atomic mass is 31.1. The van der Waals surface area contributed by atoms with Crippen LogP contribution in [0.15, 0.2) is 24.3 Å². The Labute approximate surface area is 132 Å². The van der Waals surface area contributed by atoms with Crippen LogP contribution >= 0.6 is 7.55 Å². The van der Waals surface area contributed by atoms with Crippen molar-refractivity contribution < 1.29 is 14.3 Å². The molecule has 0 saturated heterocycles. The van der Waals surface area contributed by atoms with Crippen molar-refractivity contribution in [1.29, 1.82) is 0 Å². The number of amides is 1. The van der Waals surface area contributed by atoms with Crippen LogP contribution in [0.4, 0.5) is 4.79 Å². The molecule has 1 aliphatic carbocycles. The molecule has 1 fully saturated rings. The quantitative estimate of drug-likeness (QED) is 0.783. The summed E-state index contributed by atoms with van der Waals surface area (Å²) < 4.78 is 10.9. The van der Waals surface area contributed by atoms with E-state index in [4.69, 9.17) is 15.2 Å². The Balaban J connectivity index is 1.81. The summed E-state index contributed by atoms with van der Waals surface area (Å²) in [5.41, 5.74) is 7.07. The zero-order valence-electron chi connectivity index (χ0n) is 13.2. The van der Waals surface area contributed by atoms with Crippen molar-refractivity contribution in [3.8, 4) is 5.75 Å². The highest BCUT2D eigenvalue weighted by Crippen LogP contribution is 2.46. The first-order chi connectivity index (χ1) is 10.4. The highest BCUT2D eigenvalue weighted by molar-refractivity contribution is 7.54. The molecule has 0 heterocycles. The van der Waals surface area contributed by atoms with Gasteiger partial charge in [0.1, 0.15) is 19.9 Å². The summed E-state index contributed by atoms with van der Waals surface area (Å²) in [6.07, 6.45) is 5.87. The smallest absolute Gasteiger partial charge is 0.412 e. The van der Waals surface area contributed by atoms with Crippen LogP contribution in [-0.2, 0) is 10.3 Å². The van der Waals surface area contributed by atoms with Crippen LogP contribution in [0.25, 0.3) is 0 Å². The molecule has 0 aliphatic heterocycles. The number of rotatable bonds is 7. The molecule has 5 nitrogen and oxygen atoms in total. The van der Waals surface area contributed by atoms with Crippen molar-refractivity contribution in [2.45, 2.75) is 18.4 Å². The van der Waals surface area contributed by atoms with Gasteiger partial charge >= 0.3 is 6.09 Å². The summed E-state index contributed by atoms with van der Waals surface area (Å²) in [5.74, 6) is 0.805. The molecule has 0 bridgehead atoms. The van der Waals surface area contributed by atoms with E-state index in [2.05, 4.69) is 6.30 Å². The molecular formula is C16H24N2O3P+. The van der Waals surface area contributed by atoms with E-state index < -0.39 is 7.55 Å². The highest BCUT2D eigenvalue weighted by Gasteiger charge is 2.42. The van der Waals surface area contributed by atoms with Crippen LogP contribution in [0.3, 0.4) is 0 Å². The van der Waals surface area contributed by atoms with Crippen LogP contribution in [0.2, 0.25) is 0 Å². The third-order valence-electron chi connectivity index (χ3n) is 3.62. The van der Waals surface area contributed by atoms with E-state index in [1.807, 2.05) is 30.9 Å². The van der Waals surface area contributed by atoms with Crippen molar-refractivity contribution in [2.24, 2.45) is 5.73 Å². The maximum atomic E-state index is 11.7. The number of hydrogen-bond acceptors (Lipinski definition) is 4. The second-order valence-electron chi connectivity index (χ2n) is 5.82. The monoisotopic (exact) mass is 323 g/mol. The van der Waals surface area contributed by atoms with Gasteiger partial charge in [-0.3, -0.25) is 0 Å². The molecule has 0 spiro atoms. The van der Waals surface area contributed by atoms with Crippen LogP contribution < -0.4 is 10.5 Å². The van der Waals surface area contributed by atoms with E-state index in [9.17, 15) is 4.79 Å². The molecule has 2 rings (SSSR count). The minimum absolute atomic E-state index is 0.228. The number of carbonyl (C=O) groups is 1. The fraction of sp³-hybridized carbons (Fsp3) is 0.500. The summed E-state index contributed by atoms with van der Waals surface area (Å²) in [4.78, 5) is 13.2. The lowest BCUT2D eigenvalue weighted by atomic mass is 10.1. The third-order valence-corrected chi connectivity index (χ3v) is 4.19. The predicted molar refractivity (Wildman–Crippen MR) is 91.0 cm³/mol. The Morgan fingerprint density at radius 2 is 2.14 bits per heavy atom. The number of carbonyl (C=O) groups excluding carboxylic acids is 1. The number of nitrogens with zero attached hydrogens (tertiary/aromatic N) is 1. The molecule has 6 heteroatoms. The summed E-state index contributed by atoms with van der Waals surface area (Å²) in [6, 6.07) is 7.84. The second-order valence-corrected chi connectivity index (χ2v) is 7.79. The predicted octanol–water partition coefficient (Wildman–Crippen LogP) is 2.58. The molecule has 22 heavy (non-hydrogen) atoms. The van der Waals surface area contributed by atoms with Gasteiger partial charge in [-0.25, -0.2) is 4.79 Å². The van der Waals surface area contributed by atoms with Crippen molar-refractivity contribution in [3.63, 3.8) is 0 Å². The Kier molecular flexibility index (Phi) is 5.43. The molecule has 0 radical (unpaired) electrons. The molecular weight excluding hydrogens is 299 g/mol. The molecule has 1 atom stereocenters. The van der Waals surface area contributed by atoms with Gasteiger partial charge in [0.05, 0.1) is 19.5 Å². The molecule has 1 saturated carbocycles. The number of nitrogens with two attached hydrogens (primary N) is 1. The standard InChI is InChI=1S/C16H24N2O3P/c1-18(15(19)21-12-22(2)3)10-11-20-14-7-5-4-6-13(14)16(17)8-9-16/h4-7H,2,8-12,17H2,1,3H3/q+1. The molecule has 1 unspecified atom stereocenters. The van der Waals surface area contributed by atoms with Gasteiger partial charge in [0, 0.05) is 18.2 Å². The number of benzene rings is 1. The van der Waals surface area contributed by atoms with Crippen LogP contribution in [0.5, 0.6) is 5.75 Å². The van der Waals surface area contributed by atoms with Gasteiger partial charge in [-0.2, -0.15) is 0 Å². The summed E-state index contributed by atoms with van der Waals surface area (Å²) in [6.45, 7) is 2.83. The van der Waals surface area contributed by atoms with Crippen molar-refractivity contribution in [1.82, 2.24) is 4.90 Å². The number of para-hydroxylation sites is 1. The van der Waals surface area contributed by atoms with Gasteiger partial charge < -0.3 is 20.1 Å². The van der Waals surface area contributed by atoms with E-state index >= 15 is 0 Å². The third kappa shape index (κ3) is 4.46. The van der Waals surface area contributed by atoms with Gasteiger partial charge in [-0.1, -0.05) is 18.2 Å². The van der Waals surface area contributed by atoms with Gasteiger partial charge in [0.25, 0.3) is 0 Å². The lowest BCUT2D eigenvalue weighted by Gasteiger charge is -2.19. The van der Waals surface area contributed by atoms with E-state index in [0.717, 1.165) is 24.2 Å². The Morgan fingerprint density at radius 1 is 1.45 bits per heavy atom. The lowest BCUT2D eigenvalue weighted by molar-refractivity contribution is 0.121. The average molecular weight is 323 g/mol. The molecule has 1 aliphatic rings. The Hall–Kier alpha value is -1.58. The Bertz CT molecular complexity index is 558. The van der Waals surface area contributed by atoms with Crippen LogP contribution in [0.1, 0.15) is 18.4 Å². The first kappa shape index (κ1) is 16.8. The molecule has 1 amide bonds. The molecule has 1 aromatic rings. The lowest BCUT2D eigenvalue weighted by Crippen LogP contribution is -2.31. The molecule has 120 valence electrons. The maximum absolute atomic E-state index is 11.7. The fourth-order valence-corrected chi connectivity index (χ4v) is 2.40. The van der Waals surface area contributed by atoms with E-state index in [-0.39, 0.29) is 11.6 Å².